The maximum Gasteiger partial charge on any atom is 0.293 e. The predicted octanol–water partition coefficient (Wildman–Crippen LogP) is 1.34. The zero-order chi connectivity index (χ0) is 11.1. The Balaban J connectivity index is 3.03. The smallest absolute Gasteiger partial charge is 0.293 e. The van der Waals surface area contributed by atoms with Crippen molar-refractivity contribution < 1.29 is 19.1 Å². The van der Waals surface area contributed by atoms with Crippen LogP contribution in [0.2, 0.25) is 0 Å². The number of hydrogen-bond donors (Lipinski definition) is 0. The molecule has 0 saturated heterocycles. The van der Waals surface area contributed by atoms with E-state index in [1.807, 2.05) is 0 Å². The average Bonchev–Trinajstić information content (AvgIpc) is 2.28. The highest BCUT2D eigenvalue weighted by Crippen LogP contribution is 2.24. The molecule has 0 aliphatic rings. The molecular weight excluding hydrogens is 198 g/mol. The molecule has 0 amide bonds. The maximum absolute atomic E-state index is 10.1. The van der Waals surface area contributed by atoms with Gasteiger partial charge in [-0.3, -0.25) is 4.79 Å². The summed E-state index contributed by atoms with van der Waals surface area (Å²) in [6.07, 6.45) is 1.43. The molecule has 15 heavy (non-hydrogen) atoms. The van der Waals surface area contributed by atoms with E-state index in [-0.39, 0.29) is 6.61 Å². The number of methoxy groups -OCH3 is 1. The molecule has 0 heterocycles. The van der Waals surface area contributed by atoms with Crippen LogP contribution in [0.5, 0.6) is 5.75 Å². The lowest BCUT2D eigenvalue weighted by atomic mass is 10.2. The van der Waals surface area contributed by atoms with Gasteiger partial charge >= 0.3 is 0 Å². The molecule has 0 unspecified atom stereocenters. The summed E-state index contributed by atoms with van der Waals surface area (Å²) < 4.78 is 9.56. The molecule has 0 aromatic heterocycles. The molecule has 0 radical (unpaired) electrons. The number of rotatable bonds is 5. The van der Waals surface area contributed by atoms with Crippen molar-refractivity contribution in [2.45, 2.75) is 6.61 Å². The van der Waals surface area contributed by atoms with Gasteiger partial charge in [0.1, 0.15) is 12.4 Å². The molecule has 5 heteroatoms. The van der Waals surface area contributed by atoms with E-state index < -0.39 is 0 Å². The first-order valence-corrected chi connectivity index (χ1v) is 4.12. The van der Waals surface area contributed by atoms with E-state index in [0.717, 1.165) is 0 Å². The predicted molar refractivity (Wildman–Crippen MR) is 51.6 cm³/mol. The number of benzene rings is 1. The lowest BCUT2D eigenvalue weighted by molar-refractivity contribution is -0.129. The van der Waals surface area contributed by atoms with E-state index in [9.17, 15) is 9.59 Å². The summed E-state index contributed by atoms with van der Waals surface area (Å²) in [4.78, 5) is 23.6. The fourth-order valence-electron chi connectivity index (χ4n) is 1.09. The Hall–Kier alpha value is -2.13. The minimum atomic E-state index is 0.0429. The summed E-state index contributed by atoms with van der Waals surface area (Å²) in [5, 5.41) is 0. The minimum absolute atomic E-state index is 0.0429. The first kappa shape index (κ1) is 10.9. The van der Waals surface area contributed by atoms with Crippen molar-refractivity contribution in [3.05, 3.63) is 23.8 Å². The number of nitrogens with zero attached hydrogens (tertiary/aromatic N) is 1. The molecule has 5 nitrogen and oxygen atoms in total. The second kappa shape index (κ2) is 5.57. The van der Waals surface area contributed by atoms with E-state index in [1.54, 1.807) is 18.2 Å². The molecule has 0 aliphatic carbocycles. The SMILES string of the molecule is COc1ccc(N=C=O)c(COC=O)c1. The molecule has 1 rings (SSSR count). The first-order chi connectivity index (χ1) is 7.31. The summed E-state index contributed by atoms with van der Waals surface area (Å²) in [6.45, 7) is 0.370. The van der Waals surface area contributed by atoms with Crippen LogP contribution in [-0.4, -0.2) is 19.7 Å². The minimum Gasteiger partial charge on any atom is -0.497 e. The van der Waals surface area contributed by atoms with Crippen LogP contribution in [0.15, 0.2) is 23.2 Å². The van der Waals surface area contributed by atoms with Crippen LogP contribution in [0.1, 0.15) is 5.56 Å². The van der Waals surface area contributed by atoms with Gasteiger partial charge in [-0.2, -0.15) is 4.99 Å². The van der Waals surface area contributed by atoms with Crippen molar-refractivity contribution in [1.29, 1.82) is 0 Å². The first-order valence-electron chi connectivity index (χ1n) is 4.12. The van der Waals surface area contributed by atoms with Gasteiger partial charge in [-0.25, -0.2) is 4.79 Å². The summed E-state index contributed by atoms with van der Waals surface area (Å²) in [5.41, 5.74) is 0.998. The molecule has 0 bridgehead atoms. The third kappa shape index (κ3) is 2.93. The molecule has 0 saturated carbocycles. The molecule has 0 aliphatic heterocycles. The van der Waals surface area contributed by atoms with Gasteiger partial charge in [0.15, 0.2) is 0 Å². The van der Waals surface area contributed by atoms with E-state index >= 15 is 0 Å². The number of aliphatic imine (C=N–C) groups is 1. The van der Waals surface area contributed by atoms with E-state index in [2.05, 4.69) is 9.73 Å². The maximum atomic E-state index is 10.1. The van der Waals surface area contributed by atoms with Gasteiger partial charge < -0.3 is 9.47 Å². The number of hydrogen-bond acceptors (Lipinski definition) is 5. The highest BCUT2D eigenvalue weighted by molar-refractivity contribution is 5.56. The van der Waals surface area contributed by atoms with Crippen molar-refractivity contribution in [2.24, 2.45) is 4.99 Å². The number of carbonyl (C=O) groups excluding carboxylic acids is 2. The third-order valence-corrected chi connectivity index (χ3v) is 1.76. The van der Waals surface area contributed by atoms with Gasteiger partial charge in [0.2, 0.25) is 6.08 Å². The standard InChI is InChI=1S/C10H9NO4/c1-14-9-2-3-10(11-6-12)8(4-9)5-15-7-13/h2-4,7H,5H2,1H3. The van der Waals surface area contributed by atoms with Crippen LogP contribution < -0.4 is 4.74 Å². The van der Waals surface area contributed by atoms with Crippen LogP contribution in [0.3, 0.4) is 0 Å². The van der Waals surface area contributed by atoms with Gasteiger partial charge in [0.05, 0.1) is 12.8 Å². The van der Waals surface area contributed by atoms with Crippen molar-refractivity contribution in [3.63, 3.8) is 0 Å². The van der Waals surface area contributed by atoms with Crippen LogP contribution >= 0.6 is 0 Å². The second-order valence-electron chi connectivity index (χ2n) is 2.60. The van der Waals surface area contributed by atoms with Gasteiger partial charge in [-0.1, -0.05) is 0 Å². The molecule has 0 atom stereocenters. The lowest BCUT2D eigenvalue weighted by Crippen LogP contribution is -1.92. The summed E-state index contributed by atoms with van der Waals surface area (Å²) >= 11 is 0. The topological polar surface area (TPSA) is 65.0 Å². The number of ether oxygens (including phenoxy) is 2. The van der Waals surface area contributed by atoms with Crippen LogP contribution in [0.4, 0.5) is 5.69 Å². The van der Waals surface area contributed by atoms with Crippen LogP contribution in [-0.2, 0) is 20.9 Å². The normalized spacial score (nSPS) is 8.87. The molecule has 0 spiro atoms. The van der Waals surface area contributed by atoms with Gasteiger partial charge in [0.25, 0.3) is 6.47 Å². The fourth-order valence-corrected chi connectivity index (χ4v) is 1.09. The Morgan fingerprint density at radius 2 is 2.33 bits per heavy atom. The Bertz CT molecular complexity index is 396. The second-order valence-corrected chi connectivity index (χ2v) is 2.60. The van der Waals surface area contributed by atoms with Crippen molar-refractivity contribution >= 4 is 18.2 Å². The van der Waals surface area contributed by atoms with Gasteiger partial charge in [-0.15, -0.1) is 0 Å². The Morgan fingerprint density at radius 3 is 2.93 bits per heavy atom. The Morgan fingerprint density at radius 1 is 1.53 bits per heavy atom. The van der Waals surface area contributed by atoms with Crippen LogP contribution in [0.25, 0.3) is 0 Å². The van der Waals surface area contributed by atoms with E-state index in [4.69, 9.17) is 4.74 Å². The van der Waals surface area contributed by atoms with Gasteiger partial charge in [0, 0.05) is 5.56 Å². The zero-order valence-electron chi connectivity index (χ0n) is 8.10. The molecule has 0 N–H and O–H groups in total. The molecular formula is C10H9NO4. The quantitative estimate of drug-likeness (QED) is 0.415. The Labute approximate surface area is 86.3 Å². The average molecular weight is 207 g/mol. The monoisotopic (exact) mass is 207 g/mol. The number of carbonyl (C=O) groups is 1. The fraction of sp³-hybridized carbons (Fsp3) is 0.200. The molecule has 1 aromatic rings. The van der Waals surface area contributed by atoms with E-state index in [0.29, 0.717) is 23.5 Å². The largest absolute Gasteiger partial charge is 0.497 e. The van der Waals surface area contributed by atoms with Crippen LogP contribution in [0, 0.1) is 0 Å². The van der Waals surface area contributed by atoms with Crippen molar-refractivity contribution in [1.82, 2.24) is 0 Å². The van der Waals surface area contributed by atoms with Gasteiger partial charge in [-0.05, 0) is 18.2 Å². The zero-order valence-corrected chi connectivity index (χ0v) is 8.10. The summed E-state index contributed by atoms with van der Waals surface area (Å²) in [5.74, 6) is 0.601. The molecule has 78 valence electrons. The van der Waals surface area contributed by atoms with E-state index in [1.165, 1.54) is 13.2 Å². The van der Waals surface area contributed by atoms with Crippen molar-refractivity contribution in [3.8, 4) is 5.75 Å². The molecule has 0 fully saturated rings. The van der Waals surface area contributed by atoms with Crippen molar-refractivity contribution in [2.75, 3.05) is 7.11 Å². The Kier molecular flexibility index (Phi) is 4.06. The third-order valence-electron chi connectivity index (χ3n) is 1.76. The lowest BCUT2D eigenvalue weighted by Gasteiger charge is -2.05. The molecule has 1 aromatic carbocycles. The summed E-state index contributed by atoms with van der Waals surface area (Å²) in [6, 6.07) is 4.88. The highest BCUT2D eigenvalue weighted by atomic mass is 16.5. The summed E-state index contributed by atoms with van der Waals surface area (Å²) in [7, 11) is 1.52. The highest BCUT2D eigenvalue weighted by Gasteiger charge is 2.04. The number of isocyanates is 1.